The van der Waals surface area contributed by atoms with Gasteiger partial charge in [-0.1, -0.05) is 18.2 Å². The number of hydrogen-bond acceptors (Lipinski definition) is 4. The van der Waals surface area contributed by atoms with Crippen molar-refractivity contribution in [3.63, 3.8) is 0 Å². The highest BCUT2D eigenvalue weighted by atomic mass is 32.2. The average Bonchev–Trinajstić information content (AvgIpc) is 2.64. The molecule has 0 radical (unpaired) electrons. The fraction of sp³-hybridized carbons (Fsp3) is 0.389. The van der Waals surface area contributed by atoms with Crippen LogP contribution >= 0.6 is 0 Å². The molecule has 1 saturated heterocycles. The van der Waals surface area contributed by atoms with E-state index in [0.717, 1.165) is 18.9 Å². The fourth-order valence-corrected chi connectivity index (χ4v) is 4.47. The van der Waals surface area contributed by atoms with E-state index in [-0.39, 0.29) is 4.90 Å². The summed E-state index contributed by atoms with van der Waals surface area (Å²) in [4.78, 5) is 6.85. The summed E-state index contributed by atoms with van der Waals surface area (Å²) in [5, 5.41) is 0. The van der Waals surface area contributed by atoms with Gasteiger partial charge in [-0.05, 0) is 50.5 Å². The van der Waals surface area contributed by atoms with E-state index in [9.17, 15) is 8.42 Å². The second-order valence-electron chi connectivity index (χ2n) is 5.91. The first-order chi connectivity index (χ1) is 11.6. The fourth-order valence-electron chi connectivity index (χ4n) is 3.05. The minimum absolute atomic E-state index is 0.231. The zero-order chi connectivity index (χ0) is 17.0. The second kappa shape index (κ2) is 7.21. The number of nitrogens with zero attached hydrogens (tertiary/aromatic N) is 3. The Hall–Kier alpha value is -2.08. The molecule has 0 atom stereocenters. The van der Waals surface area contributed by atoms with Crippen molar-refractivity contribution < 1.29 is 8.42 Å². The zero-order valence-corrected chi connectivity index (χ0v) is 14.7. The molecule has 1 aromatic heterocycles. The molecule has 0 amide bonds. The van der Waals surface area contributed by atoms with Crippen LogP contribution in [0, 0.1) is 0 Å². The van der Waals surface area contributed by atoms with Crippen LogP contribution in [0.3, 0.4) is 0 Å². The molecule has 3 rings (SSSR count). The summed E-state index contributed by atoms with van der Waals surface area (Å²) in [5.41, 5.74) is 0.667. The Balaban J connectivity index is 1.86. The molecule has 1 aliphatic rings. The molecular weight excluding hydrogens is 322 g/mol. The van der Waals surface area contributed by atoms with E-state index in [2.05, 4.69) is 9.88 Å². The Morgan fingerprint density at radius 3 is 2.33 bits per heavy atom. The number of aromatic nitrogens is 1. The normalized spacial score (nSPS) is 15.3. The Morgan fingerprint density at radius 1 is 1.04 bits per heavy atom. The largest absolute Gasteiger partial charge is 0.357 e. The summed E-state index contributed by atoms with van der Waals surface area (Å²) < 4.78 is 27.3. The van der Waals surface area contributed by atoms with Gasteiger partial charge in [0.05, 0.1) is 5.69 Å². The van der Waals surface area contributed by atoms with Gasteiger partial charge in [0.15, 0.2) is 0 Å². The molecule has 5 nitrogen and oxygen atoms in total. The lowest BCUT2D eigenvalue weighted by molar-refractivity contribution is 0.572. The first-order valence-corrected chi connectivity index (χ1v) is 9.85. The van der Waals surface area contributed by atoms with E-state index in [0.29, 0.717) is 12.2 Å². The molecule has 0 bridgehead atoms. The van der Waals surface area contributed by atoms with Gasteiger partial charge in [0, 0.05) is 25.8 Å². The van der Waals surface area contributed by atoms with E-state index >= 15 is 0 Å². The van der Waals surface area contributed by atoms with Crippen LogP contribution in [0.1, 0.15) is 26.2 Å². The van der Waals surface area contributed by atoms with Crippen molar-refractivity contribution in [2.75, 3.05) is 28.8 Å². The summed E-state index contributed by atoms with van der Waals surface area (Å²) in [5.74, 6) is 0.858. The molecule has 128 valence electrons. The molecule has 24 heavy (non-hydrogen) atoms. The molecule has 0 aliphatic carbocycles. The maximum atomic E-state index is 12.9. The van der Waals surface area contributed by atoms with Crippen molar-refractivity contribution >= 4 is 21.5 Å². The third kappa shape index (κ3) is 3.38. The molecule has 2 aromatic rings. The number of rotatable bonds is 5. The van der Waals surface area contributed by atoms with Crippen LogP contribution < -0.4 is 9.21 Å². The average molecular weight is 345 g/mol. The van der Waals surface area contributed by atoms with Gasteiger partial charge in [0.2, 0.25) is 0 Å². The summed E-state index contributed by atoms with van der Waals surface area (Å²) >= 11 is 0. The lowest BCUT2D eigenvalue weighted by atomic mass is 10.1. The monoisotopic (exact) mass is 345 g/mol. The molecule has 0 unspecified atom stereocenters. The second-order valence-corrected chi connectivity index (χ2v) is 7.77. The van der Waals surface area contributed by atoms with E-state index in [1.807, 2.05) is 31.2 Å². The van der Waals surface area contributed by atoms with Gasteiger partial charge in [-0.3, -0.25) is 4.31 Å². The zero-order valence-electron chi connectivity index (χ0n) is 13.9. The van der Waals surface area contributed by atoms with Gasteiger partial charge in [0.1, 0.15) is 10.7 Å². The third-order valence-electron chi connectivity index (χ3n) is 4.32. The van der Waals surface area contributed by atoms with E-state index in [4.69, 9.17) is 0 Å². The van der Waals surface area contributed by atoms with Gasteiger partial charge in [0.25, 0.3) is 10.0 Å². The Labute approximate surface area is 144 Å². The number of para-hydroxylation sites is 1. The van der Waals surface area contributed by atoms with Gasteiger partial charge in [-0.15, -0.1) is 0 Å². The predicted molar refractivity (Wildman–Crippen MR) is 96.9 cm³/mol. The minimum atomic E-state index is -3.60. The summed E-state index contributed by atoms with van der Waals surface area (Å²) in [6.45, 7) is 4.19. The maximum Gasteiger partial charge on any atom is 0.265 e. The van der Waals surface area contributed by atoms with Crippen molar-refractivity contribution in [3.8, 4) is 0 Å². The number of anilines is 2. The SMILES string of the molecule is CCN(c1ccccc1)S(=O)(=O)c1ccc(N2CCCCC2)nc1. The van der Waals surface area contributed by atoms with Crippen molar-refractivity contribution in [2.45, 2.75) is 31.1 Å². The highest BCUT2D eigenvalue weighted by Crippen LogP contribution is 2.24. The number of pyridine rings is 1. The van der Waals surface area contributed by atoms with Crippen LogP contribution in [0.15, 0.2) is 53.6 Å². The third-order valence-corrected chi connectivity index (χ3v) is 6.21. The van der Waals surface area contributed by atoms with Gasteiger partial charge < -0.3 is 4.90 Å². The number of piperidine rings is 1. The quantitative estimate of drug-likeness (QED) is 0.834. The molecule has 1 fully saturated rings. The summed E-state index contributed by atoms with van der Waals surface area (Å²) in [6.07, 6.45) is 5.06. The van der Waals surface area contributed by atoms with Crippen LogP contribution in [-0.4, -0.2) is 33.0 Å². The standard InChI is InChI=1S/C18H23N3O2S/c1-2-21(16-9-5-3-6-10-16)24(22,23)17-11-12-18(19-15-17)20-13-7-4-8-14-20/h3,5-6,9-12,15H,2,4,7-8,13-14H2,1H3. The highest BCUT2D eigenvalue weighted by molar-refractivity contribution is 7.92. The first kappa shape index (κ1) is 16.8. The van der Waals surface area contributed by atoms with Crippen molar-refractivity contribution in [2.24, 2.45) is 0 Å². The summed E-state index contributed by atoms with van der Waals surface area (Å²) in [6, 6.07) is 12.6. The lowest BCUT2D eigenvalue weighted by Gasteiger charge is -2.28. The molecule has 2 heterocycles. The van der Waals surface area contributed by atoms with Crippen LogP contribution in [0.2, 0.25) is 0 Å². The van der Waals surface area contributed by atoms with E-state index in [1.165, 1.54) is 29.8 Å². The van der Waals surface area contributed by atoms with Crippen LogP contribution in [0.4, 0.5) is 11.5 Å². The maximum absolute atomic E-state index is 12.9. The minimum Gasteiger partial charge on any atom is -0.357 e. The highest BCUT2D eigenvalue weighted by Gasteiger charge is 2.24. The predicted octanol–water partition coefficient (Wildman–Crippen LogP) is 3.29. The Bertz CT molecular complexity index is 755. The Kier molecular flexibility index (Phi) is 5.04. The van der Waals surface area contributed by atoms with E-state index in [1.54, 1.807) is 18.2 Å². The van der Waals surface area contributed by atoms with Crippen molar-refractivity contribution in [1.82, 2.24) is 4.98 Å². The molecule has 0 spiro atoms. The van der Waals surface area contributed by atoms with Gasteiger partial charge in [-0.2, -0.15) is 0 Å². The first-order valence-electron chi connectivity index (χ1n) is 8.41. The Morgan fingerprint density at radius 2 is 1.75 bits per heavy atom. The topological polar surface area (TPSA) is 53.5 Å². The van der Waals surface area contributed by atoms with Crippen LogP contribution in [0.5, 0.6) is 0 Å². The molecular formula is C18H23N3O2S. The van der Waals surface area contributed by atoms with Gasteiger partial charge in [-0.25, -0.2) is 13.4 Å². The van der Waals surface area contributed by atoms with Gasteiger partial charge >= 0.3 is 0 Å². The molecule has 1 aromatic carbocycles. The number of sulfonamides is 1. The summed E-state index contributed by atoms with van der Waals surface area (Å²) in [7, 11) is -3.60. The van der Waals surface area contributed by atoms with Crippen molar-refractivity contribution in [3.05, 3.63) is 48.7 Å². The molecule has 0 N–H and O–H groups in total. The van der Waals surface area contributed by atoms with Crippen LogP contribution in [0.25, 0.3) is 0 Å². The van der Waals surface area contributed by atoms with E-state index < -0.39 is 10.0 Å². The smallest absolute Gasteiger partial charge is 0.265 e. The molecule has 1 aliphatic heterocycles. The van der Waals surface area contributed by atoms with Crippen LogP contribution in [-0.2, 0) is 10.0 Å². The molecule has 0 saturated carbocycles. The molecule has 6 heteroatoms. The lowest BCUT2D eigenvalue weighted by Crippen LogP contribution is -2.32. The number of benzene rings is 1. The van der Waals surface area contributed by atoms with Crippen molar-refractivity contribution in [1.29, 1.82) is 0 Å². The number of hydrogen-bond donors (Lipinski definition) is 0.